The van der Waals surface area contributed by atoms with Gasteiger partial charge < -0.3 is 70.6 Å². The van der Waals surface area contributed by atoms with E-state index in [9.17, 15) is 53.1 Å². The number of primary amides is 1. The number of carboxylic acid groups (broad SMARTS) is 1. The van der Waals surface area contributed by atoms with Gasteiger partial charge in [0.25, 0.3) is 17.7 Å². The maximum atomic E-state index is 14.1. The molecule has 1 heterocycles. The van der Waals surface area contributed by atoms with E-state index in [0.717, 1.165) is 23.5 Å². The van der Waals surface area contributed by atoms with Crippen LogP contribution < -0.4 is 65.5 Å². The number of hydrogen-bond donors (Lipinski definition) is 13. The second kappa shape index (κ2) is 29.4. The van der Waals surface area contributed by atoms with Crippen molar-refractivity contribution in [2.24, 2.45) is 27.9 Å². The number of benzene rings is 1. The first-order chi connectivity index (χ1) is 32.7. The molecule has 390 valence electrons. The van der Waals surface area contributed by atoms with Crippen molar-refractivity contribution in [1.29, 1.82) is 0 Å². The van der Waals surface area contributed by atoms with Crippen LogP contribution in [0.25, 0.3) is 0 Å². The van der Waals surface area contributed by atoms with Gasteiger partial charge in [-0.1, -0.05) is 71.9 Å². The van der Waals surface area contributed by atoms with Crippen LogP contribution in [0, 0.1) is 0 Å². The van der Waals surface area contributed by atoms with E-state index in [4.69, 9.17) is 22.9 Å². The highest BCUT2D eigenvalue weighted by Crippen LogP contribution is 2.29. The third-order valence-corrected chi connectivity index (χ3v) is 13.1. The molecule has 0 saturated carbocycles. The van der Waals surface area contributed by atoms with Crippen molar-refractivity contribution < 1.29 is 53.1 Å². The zero-order chi connectivity index (χ0) is 52.8. The Balaban J connectivity index is 2.72. The summed E-state index contributed by atoms with van der Waals surface area (Å²) < 4.78 is -1.42. The number of hydrogen-bond acceptors (Lipinski definition) is 15. The molecule has 1 saturated heterocycles. The number of carboxylic acids is 1. The second-order valence-electron chi connectivity index (χ2n) is 17.9. The predicted molar refractivity (Wildman–Crippen MR) is 268 cm³/mol. The molecule has 9 amide bonds. The highest BCUT2D eigenvalue weighted by atomic mass is 32.2. The Hall–Kier alpha value is -5.80. The van der Waals surface area contributed by atoms with Crippen molar-refractivity contribution in [3.8, 4) is 0 Å². The number of nitrogens with one attached hydrogen (secondary N) is 8. The maximum absolute atomic E-state index is 14.1. The predicted octanol–water partition coefficient (Wildman–Crippen LogP) is -2.44. The first-order valence-corrected chi connectivity index (χ1v) is 25.1. The van der Waals surface area contributed by atoms with Crippen molar-refractivity contribution in [2.75, 3.05) is 25.4 Å². The molecular weight excluding hydrogens is 971 g/mol. The standard InChI is InChI=1S/C43H69N13O11S3/c1-42(2,3)69-39-36(66)52-24(16-12-18-48-41(46)47)32(62)49-21-28(57)51-27(20-30(59)60)35(65)56-40(70-43(4,5)6)37(67)53-26(19-23-13-8-7-9-14-23)34(64)54-38(31(45)61)68-22-29(58)50-25(33(63)55-39)15-10-11-17-44/h7-9,13-14,24-27,38-40H,10-12,15-22,44H2,1-6H3,(H2,45,61)(H,49,62)(H,50,58)(H,51,57)(H,52,66)(H,53,67)(H,54,64)(H,55,63)(H,56,65)(H,59,60)(H4,46,47,48)/t24-,25-,26-,27-,38-,39?,40?/m0/s1. The lowest BCUT2D eigenvalue weighted by molar-refractivity contribution is -0.141. The average molecular weight is 1040 g/mol. The number of carbonyl (C=O) groups excluding carboxylic acids is 9. The van der Waals surface area contributed by atoms with Crippen molar-refractivity contribution in [3.63, 3.8) is 0 Å². The SMILES string of the molecule is CC(C)(C)SC1NC(=O)[C@H](CCCCN)NC(=O)CS[C@@H](C(N)=O)NC(=O)[C@H](Cc2ccccc2)NC(=O)C(SC(C)(C)C)NC(=O)[C@H](CC(=O)O)NC(=O)CNC(=O)[C@H](CCCN=C(N)N)NC1=O. The molecule has 0 bridgehead atoms. The van der Waals surface area contributed by atoms with Crippen LogP contribution in [-0.2, 0) is 54.4 Å². The molecule has 27 heteroatoms. The summed E-state index contributed by atoms with van der Waals surface area (Å²) in [6, 6.07) is 2.65. The number of nitrogens with two attached hydrogens (primary N) is 4. The smallest absolute Gasteiger partial charge is 0.305 e. The fourth-order valence-corrected chi connectivity index (χ4v) is 9.17. The molecule has 7 atom stereocenters. The van der Waals surface area contributed by atoms with Gasteiger partial charge in [0.15, 0.2) is 22.1 Å². The van der Waals surface area contributed by atoms with Crippen molar-refractivity contribution in [1.82, 2.24) is 42.5 Å². The lowest BCUT2D eigenvalue weighted by atomic mass is 10.1. The number of carbonyl (C=O) groups is 10. The molecule has 24 nitrogen and oxygen atoms in total. The Morgan fingerprint density at radius 3 is 1.70 bits per heavy atom. The Labute approximate surface area is 419 Å². The van der Waals surface area contributed by atoms with E-state index in [0.29, 0.717) is 30.2 Å². The minimum Gasteiger partial charge on any atom is -0.481 e. The van der Waals surface area contributed by atoms with Crippen LogP contribution >= 0.6 is 35.3 Å². The second-order valence-corrected chi connectivity index (χ2v) is 22.9. The maximum Gasteiger partial charge on any atom is 0.305 e. The van der Waals surface area contributed by atoms with Crippen molar-refractivity contribution >= 4 is 100 Å². The molecule has 1 aliphatic rings. The van der Waals surface area contributed by atoms with E-state index in [-0.39, 0.29) is 44.7 Å². The topological polar surface area (TPSA) is 404 Å². The molecule has 0 spiro atoms. The fourth-order valence-electron chi connectivity index (χ4n) is 6.29. The number of unbranched alkanes of at least 4 members (excludes halogenated alkanes) is 1. The number of thioether (sulfide) groups is 3. The van der Waals surface area contributed by atoms with Crippen molar-refractivity contribution in [2.45, 2.75) is 136 Å². The molecule has 0 aromatic heterocycles. The van der Waals surface area contributed by atoms with Gasteiger partial charge in [-0.25, -0.2) is 0 Å². The number of amides is 9. The Morgan fingerprint density at radius 1 is 0.657 bits per heavy atom. The van der Waals surface area contributed by atoms with E-state index in [1.165, 1.54) is 0 Å². The largest absolute Gasteiger partial charge is 0.481 e. The average Bonchev–Trinajstić information content (AvgIpc) is 3.25. The number of aliphatic carboxylic acids is 1. The minimum atomic E-state index is -1.79. The highest BCUT2D eigenvalue weighted by molar-refractivity contribution is 8.02. The molecule has 0 aliphatic carbocycles. The Morgan fingerprint density at radius 2 is 1.17 bits per heavy atom. The lowest BCUT2D eigenvalue weighted by Crippen LogP contribution is -2.59. The van der Waals surface area contributed by atoms with E-state index < -0.39 is 128 Å². The first-order valence-electron chi connectivity index (χ1n) is 22.3. The van der Waals surface area contributed by atoms with Crippen LogP contribution in [0.1, 0.15) is 85.6 Å². The molecule has 2 rings (SSSR count). The number of rotatable bonds is 15. The van der Waals surface area contributed by atoms with E-state index in [2.05, 4.69) is 47.5 Å². The Bertz CT molecular complexity index is 2030. The molecule has 70 heavy (non-hydrogen) atoms. The van der Waals surface area contributed by atoms with Crippen LogP contribution in [0.4, 0.5) is 0 Å². The number of guanidine groups is 1. The summed E-state index contributed by atoms with van der Waals surface area (Å²) in [5, 5.41) is 25.4. The van der Waals surface area contributed by atoms with Crippen LogP contribution in [0.3, 0.4) is 0 Å². The van der Waals surface area contributed by atoms with Crippen molar-refractivity contribution in [3.05, 3.63) is 35.9 Å². The molecule has 1 aliphatic heterocycles. The van der Waals surface area contributed by atoms with E-state index >= 15 is 0 Å². The Kier molecular flexibility index (Phi) is 25.3. The molecule has 1 aromatic carbocycles. The van der Waals surface area contributed by atoms with E-state index in [1.54, 1.807) is 71.9 Å². The summed E-state index contributed by atoms with van der Waals surface area (Å²) in [5.74, 6) is -10.5. The van der Waals surface area contributed by atoms with Crippen LogP contribution in [0.5, 0.6) is 0 Å². The van der Waals surface area contributed by atoms with Gasteiger partial charge in [-0.05, 0) is 44.2 Å². The van der Waals surface area contributed by atoms with Gasteiger partial charge in [0.05, 0.1) is 18.7 Å². The van der Waals surface area contributed by atoms with Gasteiger partial charge >= 0.3 is 5.97 Å². The summed E-state index contributed by atoms with van der Waals surface area (Å²) in [7, 11) is 0. The number of aliphatic imine (C=N–C) groups is 1. The first kappa shape index (κ1) is 60.3. The van der Waals surface area contributed by atoms with Gasteiger partial charge in [-0.15, -0.1) is 35.3 Å². The highest BCUT2D eigenvalue weighted by Gasteiger charge is 2.36. The molecule has 2 unspecified atom stereocenters. The third kappa shape index (κ3) is 24.2. The molecular formula is C43H69N13O11S3. The summed E-state index contributed by atoms with van der Waals surface area (Å²) in [6.45, 7) is 9.99. The quantitative estimate of drug-likeness (QED) is 0.0493. The summed E-state index contributed by atoms with van der Waals surface area (Å²) >= 11 is 2.57. The van der Waals surface area contributed by atoms with Gasteiger partial charge in [-0.3, -0.25) is 52.9 Å². The van der Waals surface area contributed by atoms with Gasteiger partial charge in [0, 0.05) is 22.5 Å². The monoisotopic (exact) mass is 1040 g/mol. The van der Waals surface area contributed by atoms with E-state index in [1.807, 2.05) is 0 Å². The molecule has 0 radical (unpaired) electrons. The third-order valence-electron chi connectivity index (χ3n) is 9.42. The van der Waals surface area contributed by atoms with Crippen LogP contribution in [0.2, 0.25) is 0 Å². The molecule has 17 N–H and O–H groups in total. The van der Waals surface area contributed by atoms with Crippen LogP contribution in [0.15, 0.2) is 35.3 Å². The van der Waals surface area contributed by atoms with Gasteiger partial charge in [-0.2, -0.15) is 0 Å². The lowest BCUT2D eigenvalue weighted by Gasteiger charge is -2.29. The zero-order valence-corrected chi connectivity index (χ0v) is 42.7. The fraction of sp³-hybridized carbons (Fsp3) is 0.605. The zero-order valence-electron chi connectivity index (χ0n) is 40.2. The minimum absolute atomic E-state index is 0.0422. The summed E-state index contributed by atoms with van der Waals surface area (Å²) in [5.41, 5.74) is 22.9. The van der Waals surface area contributed by atoms with Gasteiger partial charge in [0.2, 0.25) is 35.4 Å². The normalized spacial score (nSPS) is 23.4. The summed E-state index contributed by atoms with van der Waals surface area (Å²) in [6.07, 6.45) is -0.102. The van der Waals surface area contributed by atoms with Gasteiger partial charge in [0.1, 0.15) is 24.2 Å². The summed E-state index contributed by atoms with van der Waals surface area (Å²) in [4.78, 5) is 139. The molecule has 1 fully saturated rings. The molecule has 1 aromatic rings. The van der Waals surface area contributed by atoms with Crippen LogP contribution in [-0.4, -0.2) is 145 Å². The number of nitrogens with zero attached hydrogens (tertiary/aromatic N) is 1.